The summed E-state index contributed by atoms with van der Waals surface area (Å²) in [5.74, 6) is 0. The van der Waals surface area contributed by atoms with Crippen molar-refractivity contribution in [3.05, 3.63) is 35.9 Å². The molecule has 0 bridgehead atoms. The lowest BCUT2D eigenvalue weighted by Gasteiger charge is -2.33. The molecule has 17 heavy (non-hydrogen) atoms. The molecule has 0 N–H and O–H groups in total. The van der Waals surface area contributed by atoms with E-state index in [1.807, 2.05) is 0 Å². The first-order valence-corrected chi connectivity index (χ1v) is 10.4. The molecule has 0 spiro atoms. The third-order valence-corrected chi connectivity index (χ3v) is 4.45. The third kappa shape index (κ3) is 5.05. The SMILES string of the molecule is CCCC(c1ccccc1)N(C)C[Si](C)(C)C. The van der Waals surface area contributed by atoms with Crippen LogP contribution in [0, 0.1) is 0 Å². The van der Waals surface area contributed by atoms with Crippen molar-refractivity contribution in [3.8, 4) is 0 Å². The Labute approximate surface area is 108 Å². The molecule has 0 amide bonds. The van der Waals surface area contributed by atoms with Gasteiger partial charge < -0.3 is 4.90 Å². The lowest BCUT2D eigenvalue weighted by Crippen LogP contribution is -2.40. The summed E-state index contributed by atoms with van der Waals surface area (Å²) in [5.41, 5.74) is 1.47. The summed E-state index contributed by atoms with van der Waals surface area (Å²) in [6.45, 7) is 9.60. The van der Waals surface area contributed by atoms with Crippen molar-refractivity contribution >= 4 is 8.07 Å². The highest BCUT2D eigenvalue weighted by Crippen LogP contribution is 2.25. The monoisotopic (exact) mass is 249 g/mol. The summed E-state index contributed by atoms with van der Waals surface area (Å²) in [4.78, 5) is 2.56. The maximum absolute atomic E-state index is 2.56. The zero-order valence-electron chi connectivity index (χ0n) is 12.0. The summed E-state index contributed by atoms with van der Waals surface area (Å²) in [6, 6.07) is 11.5. The summed E-state index contributed by atoms with van der Waals surface area (Å²) < 4.78 is 0. The van der Waals surface area contributed by atoms with Gasteiger partial charge in [-0.15, -0.1) is 0 Å². The first-order chi connectivity index (χ1) is 7.94. The highest BCUT2D eigenvalue weighted by atomic mass is 28.3. The standard InChI is InChI=1S/C15H27NSi/c1-6-10-15(14-11-8-7-9-12-14)16(2)13-17(3,4)5/h7-9,11-12,15H,6,10,13H2,1-5H3. The van der Waals surface area contributed by atoms with E-state index in [1.165, 1.54) is 24.6 Å². The van der Waals surface area contributed by atoms with Gasteiger partial charge in [-0.25, -0.2) is 0 Å². The van der Waals surface area contributed by atoms with E-state index in [1.54, 1.807) is 0 Å². The summed E-state index contributed by atoms with van der Waals surface area (Å²) in [7, 11) is 1.26. The first-order valence-electron chi connectivity index (χ1n) is 6.69. The fraction of sp³-hybridized carbons (Fsp3) is 0.600. The Kier molecular flexibility index (Phi) is 5.41. The van der Waals surface area contributed by atoms with Gasteiger partial charge in [-0.1, -0.05) is 63.3 Å². The molecule has 0 saturated carbocycles. The number of hydrogen-bond acceptors (Lipinski definition) is 1. The van der Waals surface area contributed by atoms with Crippen molar-refractivity contribution in [2.24, 2.45) is 0 Å². The Hall–Kier alpha value is -0.603. The minimum Gasteiger partial charge on any atom is -0.302 e. The molecule has 0 aromatic heterocycles. The van der Waals surface area contributed by atoms with Crippen LogP contribution in [-0.4, -0.2) is 26.2 Å². The van der Waals surface area contributed by atoms with Gasteiger partial charge in [-0.3, -0.25) is 0 Å². The molecule has 2 heteroatoms. The predicted molar refractivity (Wildman–Crippen MR) is 80.1 cm³/mol. The quantitative estimate of drug-likeness (QED) is 0.678. The van der Waals surface area contributed by atoms with Crippen LogP contribution in [0.4, 0.5) is 0 Å². The molecular formula is C15H27NSi. The largest absolute Gasteiger partial charge is 0.302 e. The van der Waals surface area contributed by atoms with Crippen molar-refractivity contribution in [1.82, 2.24) is 4.90 Å². The van der Waals surface area contributed by atoms with Gasteiger partial charge in [-0.2, -0.15) is 0 Å². The van der Waals surface area contributed by atoms with Crippen LogP contribution in [0.5, 0.6) is 0 Å². The van der Waals surface area contributed by atoms with Crippen LogP contribution < -0.4 is 0 Å². The zero-order valence-corrected chi connectivity index (χ0v) is 13.0. The van der Waals surface area contributed by atoms with E-state index in [2.05, 4.69) is 68.8 Å². The molecule has 0 aliphatic heterocycles. The highest BCUT2D eigenvalue weighted by molar-refractivity contribution is 6.76. The van der Waals surface area contributed by atoms with E-state index in [0.717, 1.165) is 0 Å². The van der Waals surface area contributed by atoms with E-state index < -0.39 is 8.07 Å². The van der Waals surface area contributed by atoms with Crippen LogP contribution in [0.1, 0.15) is 31.4 Å². The lowest BCUT2D eigenvalue weighted by atomic mass is 10.0. The Morgan fingerprint density at radius 3 is 2.18 bits per heavy atom. The van der Waals surface area contributed by atoms with E-state index in [0.29, 0.717) is 6.04 Å². The van der Waals surface area contributed by atoms with Gasteiger partial charge >= 0.3 is 0 Å². The normalized spacial score (nSPS) is 14.0. The van der Waals surface area contributed by atoms with Gasteiger partial charge in [0.25, 0.3) is 0 Å². The Balaban J connectivity index is 2.79. The fourth-order valence-corrected chi connectivity index (χ4v) is 4.17. The number of benzene rings is 1. The van der Waals surface area contributed by atoms with Crippen molar-refractivity contribution in [1.29, 1.82) is 0 Å². The van der Waals surface area contributed by atoms with Crippen LogP contribution >= 0.6 is 0 Å². The van der Waals surface area contributed by atoms with Gasteiger partial charge in [-0.05, 0) is 25.2 Å². The van der Waals surface area contributed by atoms with Crippen molar-refractivity contribution in [2.45, 2.75) is 45.4 Å². The van der Waals surface area contributed by atoms with E-state index in [4.69, 9.17) is 0 Å². The van der Waals surface area contributed by atoms with Crippen LogP contribution in [0.2, 0.25) is 19.6 Å². The van der Waals surface area contributed by atoms with Gasteiger partial charge in [0.2, 0.25) is 0 Å². The third-order valence-electron chi connectivity index (χ3n) is 3.00. The fourth-order valence-electron chi connectivity index (χ4n) is 2.45. The Morgan fingerprint density at radius 1 is 1.12 bits per heavy atom. The predicted octanol–water partition coefficient (Wildman–Crippen LogP) is 4.34. The molecule has 0 aliphatic carbocycles. The second-order valence-electron chi connectivity index (χ2n) is 6.19. The molecule has 1 atom stereocenters. The molecule has 1 unspecified atom stereocenters. The van der Waals surface area contributed by atoms with Crippen LogP contribution in [0.3, 0.4) is 0 Å². The summed E-state index contributed by atoms with van der Waals surface area (Å²) in [5, 5.41) is 0. The number of nitrogens with zero attached hydrogens (tertiary/aromatic N) is 1. The second kappa shape index (κ2) is 6.36. The van der Waals surface area contributed by atoms with Crippen LogP contribution in [0.25, 0.3) is 0 Å². The molecule has 0 radical (unpaired) electrons. The molecule has 1 nitrogen and oxygen atoms in total. The second-order valence-corrected chi connectivity index (χ2v) is 11.6. The minimum atomic E-state index is -1.02. The molecule has 0 fully saturated rings. The summed E-state index contributed by atoms with van der Waals surface area (Å²) >= 11 is 0. The van der Waals surface area contributed by atoms with E-state index in [9.17, 15) is 0 Å². The first kappa shape index (κ1) is 14.5. The molecule has 1 aromatic carbocycles. The average Bonchev–Trinajstić information content (AvgIpc) is 2.24. The van der Waals surface area contributed by atoms with Crippen molar-refractivity contribution in [2.75, 3.05) is 13.2 Å². The van der Waals surface area contributed by atoms with Gasteiger partial charge in [0, 0.05) is 6.04 Å². The number of rotatable bonds is 6. The summed E-state index contributed by atoms with van der Waals surface area (Å²) in [6.07, 6.45) is 3.77. The maximum atomic E-state index is 2.56. The van der Waals surface area contributed by atoms with Crippen molar-refractivity contribution in [3.63, 3.8) is 0 Å². The maximum Gasteiger partial charge on any atom is 0.0599 e. The van der Waals surface area contributed by atoms with E-state index in [-0.39, 0.29) is 0 Å². The molecule has 1 aromatic rings. The molecular weight excluding hydrogens is 222 g/mol. The van der Waals surface area contributed by atoms with Gasteiger partial charge in [0.15, 0.2) is 0 Å². The molecule has 96 valence electrons. The zero-order chi connectivity index (χ0) is 12.9. The molecule has 0 aliphatic rings. The smallest absolute Gasteiger partial charge is 0.0599 e. The van der Waals surface area contributed by atoms with E-state index >= 15 is 0 Å². The average molecular weight is 249 g/mol. The van der Waals surface area contributed by atoms with Crippen molar-refractivity contribution < 1.29 is 0 Å². The van der Waals surface area contributed by atoms with Gasteiger partial charge in [0.05, 0.1) is 8.07 Å². The lowest BCUT2D eigenvalue weighted by molar-refractivity contribution is 0.263. The minimum absolute atomic E-state index is 0.591. The Bertz CT molecular complexity index is 315. The van der Waals surface area contributed by atoms with Crippen LogP contribution in [-0.2, 0) is 0 Å². The molecule has 0 saturated heterocycles. The Morgan fingerprint density at radius 2 is 1.71 bits per heavy atom. The topological polar surface area (TPSA) is 3.24 Å². The van der Waals surface area contributed by atoms with Gasteiger partial charge in [0.1, 0.15) is 0 Å². The highest BCUT2D eigenvalue weighted by Gasteiger charge is 2.22. The number of hydrogen-bond donors (Lipinski definition) is 0. The molecule has 0 heterocycles. The van der Waals surface area contributed by atoms with Crippen LogP contribution in [0.15, 0.2) is 30.3 Å². The molecule has 1 rings (SSSR count).